The first-order chi connectivity index (χ1) is 22.0. The smallest absolute Gasteiger partial charge is 0.335 e. The van der Waals surface area contributed by atoms with Crippen LogP contribution in [0.25, 0.3) is 0 Å². The number of benzene rings is 3. The zero-order valence-electron chi connectivity index (χ0n) is 24.9. The fourth-order valence-electron chi connectivity index (χ4n) is 5.25. The quantitative estimate of drug-likeness (QED) is 0.210. The van der Waals surface area contributed by atoms with Gasteiger partial charge in [0, 0.05) is 41.5 Å². The van der Waals surface area contributed by atoms with Gasteiger partial charge in [0.05, 0.1) is 5.69 Å². The van der Waals surface area contributed by atoms with E-state index in [0.717, 1.165) is 38.3 Å². The molecule has 2 fully saturated rings. The molecule has 0 spiro atoms. The van der Waals surface area contributed by atoms with Crippen molar-refractivity contribution in [3.05, 3.63) is 82.9 Å². The van der Waals surface area contributed by atoms with Crippen molar-refractivity contribution in [1.82, 2.24) is 4.90 Å². The molecule has 0 bridgehead atoms. The number of anilines is 3. The van der Waals surface area contributed by atoms with E-state index >= 15 is 0 Å². The maximum absolute atomic E-state index is 13.5. The zero-order chi connectivity index (χ0) is 33.0. The molecule has 0 unspecified atom stereocenters. The molecule has 3 aromatic carbocycles. The summed E-state index contributed by atoms with van der Waals surface area (Å²) in [4.78, 5) is 42.8. The second kappa shape index (κ2) is 14.5. The second-order valence-corrected chi connectivity index (χ2v) is 11.6. The van der Waals surface area contributed by atoms with E-state index in [1.54, 1.807) is 24.3 Å². The lowest BCUT2D eigenvalue weighted by Gasteiger charge is -2.38. The summed E-state index contributed by atoms with van der Waals surface area (Å²) in [5, 5.41) is 46.2. The van der Waals surface area contributed by atoms with Gasteiger partial charge in [0.2, 0.25) is 6.29 Å². The van der Waals surface area contributed by atoms with Crippen LogP contribution in [0.3, 0.4) is 0 Å². The van der Waals surface area contributed by atoms with Gasteiger partial charge in [0.15, 0.2) is 6.10 Å². The van der Waals surface area contributed by atoms with Crippen LogP contribution in [0, 0.1) is 0 Å². The molecule has 5 rings (SSSR count). The van der Waals surface area contributed by atoms with Gasteiger partial charge in [-0.2, -0.15) is 0 Å². The highest BCUT2D eigenvalue weighted by molar-refractivity contribution is 6.30. The predicted molar refractivity (Wildman–Crippen MR) is 170 cm³/mol. The van der Waals surface area contributed by atoms with Gasteiger partial charge in [-0.05, 0) is 80.7 Å². The van der Waals surface area contributed by atoms with E-state index in [9.17, 15) is 34.8 Å². The highest BCUT2D eigenvalue weighted by Gasteiger charge is 2.48. The number of para-hydroxylation sites is 1. The predicted octanol–water partition coefficient (Wildman–Crippen LogP) is 2.26. The minimum atomic E-state index is -1.92. The molecule has 13 nitrogen and oxygen atoms in total. The Kier molecular flexibility index (Phi) is 10.4. The van der Waals surface area contributed by atoms with E-state index in [2.05, 4.69) is 27.5 Å². The van der Waals surface area contributed by atoms with Gasteiger partial charge in [-0.3, -0.25) is 9.59 Å². The molecule has 5 atom stereocenters. The van der Waals surface area contributed by atoms with Crippen LogP contribution >= 0.6 is 11.6 Å². The number of halogens is 1. The minimum absolute atomic E-state index is 0.0299. The van der Waals surface area contributed by atoms with Crippen molar-refractivity contribution in [2.24, 2.45) is 0 Å². The third-order valence-electron chi connectivity index (χ3n) is 7.89. The van der Waals surface area contributed by atoms with E-state index < -0.39 is 48.5 Å². The summed E-state index contributed by atoms with van der Waals surface area (Å²) >= 11 is 5.96. The molecule has 0 radical (unpaired) electrons. The number of nitrogens with zero attached hydrogens (tertiary/aromatic N) is 2. The maximum Gasteiger partial charge on any atom is 0.335 e. The highest BCUT2D eigenvalue weighted by Crippen LogP contribution is 2.36. The topological polar surface area (TPSA) is 181 Å². The number of ether oxygens (including phenoxy) is 2. The van der Waals surface area contributed by atoms with Crippen LogP contribution in [0.2, 0.25) is 5.02 Å². The maximum atomic E-state index is 13.5. The third kappa shape index (κ3) is 7.58. The SMILES string of the molecule is CN1CCCN(c2ccc(C(=O)Nc3c(NC(=O)c4ccc(Cl)cc4)cccc3O[C@@H]3O[C@H](C(=O)O)[C@@H](O)[C@H](O)[C@H]3O)cc2)CC1. The van der Waals surface area contributed by atoms with Crippen molar-refractivity contribution < 1.29 is 44.3 Å². The first-order valence-electron chi connectivity index (χ1n) is 14.7. The number of hydrogen-bond donors (Lipinski definition) is 6. The molecule has 0 aromatic heterocycles. The Balaban J connectivity index is 1.42. The number of carbonyl (C=O) groups excluding carboxylic acids is 2. The number of rotatable bonds is 8. The Morgan fingerprint density at radius 2 is 1.48 bits per heavy atom. The lowest BCUT2D eigenvalue weighted by Crippen LogP contribution is -2.61. The molecular formula is C32H35ClN4O9. The molecule has 2 aliphatic heterocycles. The number of aliphatic hydroxyl groups excluding tert-OH is 3. The molecule has 0 aliphatic carbocycles. The number of nitrogens with one attached hydrogen (secondary N) is 2. The molecule has 2 aliphatic rings. The molecule has 6 N–H and O–H groups in total. The van der Waals surface area contributed by atoms with Crippen molar-refractivity contribution >= 4 is 46.4 Å². The van der Waals surface area contributed by atoms with E-state index in [1.165, 1.54) is 30.3 Å². The zero-order valence-corrected chi connectivity index (χ0v) is 25.6. The summed E-state index contributed by atoms with van der Waals surface area (Å²) < 4.78 is 11.1. The molecule has 2 amide bonds. The van der Waals surface area contributed by atoms with Gasteiger partial charge in [0.1, 0.15) is 29.7 Å². The van der Waals surface area contributed by atoms with Gasteiger partial charge in [-0.25, -0.2) is 4.79 Å². The summed E-state index contributed by atoms with van der Waals surface area (Å²) in [6.07, 6.45) is -8.33. The Morgan fingerprint density at radius 1 is 0.826 bits per heavy atom. The minimum Gasteiger partial charge on any atom is -0.479 e. The van der Waals surface area contributed by atoms with Crippen molar-refractivity contribution in [3.8, 4) is 5.75 Å². The summed E-state index contributed by atoms with van der Waals surface area (Å²) in [5.74, 6) is -2.79. The van der Waals surface area contributed by atoms with Gasteiger partial charge >= 0.3 is 5.97 Å². The van der Waals surface area contributed by atoms with E-state index in [0.29, 0.717) is 10.6 Å². The van der Waals surface area contributed by atoms with Gasteiger partial charge < -0.3 is 50.3 Å². The molecule has 46 heavy (non-hydrogen) atoms. The summed E-state index contributed by atoms with van der Waals surface area (Å²) in [7, 11) is 2.09. The Bertz CT molecular complexity index is 1560. The van der Waals surface area contributed by atoms with Crippen LogP contribution in [0.5, 0.6) is 5.75 Å². The van der Waals surface area contributed by atoms with Crippen LogP contribution < -0.4 is 20.3 Å². The van der Waals surface area contributed by atoms with E-state index in [-0.39, 0.29) is 22.7 Å². The summed E-state index contributed by atoms with van der Waals surface area (Å²) in [5.41, 5.74) is 1.63. The lowest BCUT2D eigenvalue weighted by atomic mass is 9.99. The van der Waals surface area contributed by atoms with Crippen LogP contribution in [-0.4, -0.2) is 107 Å². The molecule has 244 valence electrons. The average molecular weight is 655 g/mol. The largest absolute Gasteiger partial charge is 0.479 e. The number of amides is 2. The fourth-order valence-corrected chi connectivity index (χ4v) is 5.37. The van der Waals surface area contributed by atoms with Crippen molar-refractivity contribution in [1.29, 1.82) is 0 Å². The standard InChI is InChI=1S/C32H35ClN4O9/c1-36-14-3-15-37(17-16-36)21-12-8-19(9-13-21)30(42)35-24-22(34-29(41)18-6-10-20(33)11-7-18)4-2-5-23(24)45-32-27(40)25(38)26(39)28(46-32)31(43)44/h2,4-13,25-28,32,38-40H,3,14-17H2,1H3,(H,34,41)(H,35,42)(H,43,44)/t25-,26-,27+,28-,32+/m0/s1. The van der Waals surface area contributed by atoms with Gasteiger partial charge in [0.25, 0.3) is 11.8 Å². The van der Waals surface area contributed by atoms with Gasteiger partial charge in [-0.15, -0.1) is 0 Å². The van der Waals surface area contributed by atoms with Gasteiger partial charge in [-0.1, -0.05) is 17.7 Å². The van der Waals surface area contributed by atoms with Crippen LogP contribution in [0.4, 0.5) is 17.1 Å². The molecule has 2 heterocycles. The first kappa shape index (κ1) is 33.1. The Hall–Kier alpha value is -4.24. The van der Waals surface area contributed by atoms with Crippen LogP contribution in [0.1, 0.15) is 27.1 Å². The van der Waals surface area contributed by atoms with Crippen LogP contribution in [-0.2, 0) is 9.53 Å². The normalized spacial score (nSPS) is 23.7. The number of likely N-dealkylation sites (N-methyl/N-ethyl adjacent to an activating group) is 1. The fraction of sp³-hybridized carbons (Fsp3) is 0.344. The average Bonchev–Trinajstić information content (AvgIpc) is 3.27. The molecule has 14 heteroatoms. The number of hydrogen-bond acceptors (Lipinski definition) is 10. The number of carbonyl (C=O) groups is 3. The molecule has 0 saturated carbocycles. The monoisotopic (exact) mass is 654 g/mol. The number of carboxylic acids is 1. The van der Waals surface area contributed by atoms with Crippen molar-refractivity contribution in [3.63, 3.8) is 0 Å². The number of carboxylic acid groups (broad SMARTS) is 1. The summed E-state index contributed by atoms with van der Waals surface area (Å²) in [6, 6.07) is 17.6. The molecular weight excluding hydrogens is 620 g/mol. The van der Waals surface area contributed by atoms with E-state index in [1.807, 2.05) is 12.1 Å². The van der Waals surface area contributed by atoms with Crippen molar-refractivity contribution in [2.75, 3.05) is 48.8 Å². The number of aliphatic hydroxyl groups is 3. The highest BCUT2D eigenvalue weighted by atomic mass is 35.5. The second-order valence-electron chi connectivity index (χ2n) is 11.1. The Morgan fingerprint density at radius 3 is 2.15 bits per heavy atom. The number of aliphatic carboxylic acids is 1. The third-order valence-corrected chi connectivity index (χ3v) is 8.14. The first-order valence-corrected chi connectivity index (χ1v) is 15.0. The van der Waals surface area contributed by atoms with E-state index in [4.69, 9.17) is 21.1 Å². The summed E-state index contributed by atoms with van der Waals surface area (Å²) in [6.45, 7) is 3.68. The van der Waals surface area contributed by atoms with Crippen LogP contribution in [0.15, 0.2) is 66.7 Å². The molecule has 2 saturated heterocycles. The Labute approximate surface area is 269 Å². The van der Waals surface area contributed by atoms with Crippen molar-refractivity contribution in [2.45, 2.75) is 37.1 Å². The lowest BCUT2D eigenvalue weighted by molar-refractivity contribution is -0.271. The molecule has 3 aromatic rings.